The van der Waals surface area contributed by atoms with E-state index in [9.17, 15) is 9.59 Å². The van der Waals surface area contributed by atoms with Crippen molar-refractivity contribution in [1.29, 1.82) is 0 Å². The molecule has 0 fully saturated rings. The van der Waals surface area contributed by atoms with Gasteiger partial charge in [0.25, 0.3) is 0 Å². The van der Waals surface area contributed by atoms with Gasteiger partial charge in [0.2, 0.25) is 0 Å². The highest BCUT2D eigenvalue weighted by Crippen LogP contribution is 2.22. The Bertz CT molecular complexity index is 1460. The average Bonchev–Trinajstić information content (AvgIpc) is 2.67. The Hall–Kier alpha value is -3.40. The fourth-order valence-electron chi connectivity index (χ4n) is 3.66. The number of benzene rings is 3. The molecule has 0 saturated carbocycles. The summed E-state index contributed by atoms with van der Waals surface area (Å²) in [7, 11) is 0. The minimum atomic E-state index is -0.0291. The second kappa shape index (κ2) is 5.30. The SMILES string of the molecule is CCc1ccc2[nH]c3cc4c(=O)c5ccccc5[nH]c4cc3c(=O)c2c1. The highest BCUT2D eigenvalue weighted by molar-refractivity contribution is 6.02. The van der Waals surface area contributed by atoms with Crippen LogP contribution in [0.2, 0.25) is 0 Å². The van der Waals surface area contributed by atoms with E-state index >= 15 is 0 Å². The van der Waals surface area contributed by atoms with E-state index in [1.807, 2.05) is 42.5 Å². The maximum Gasteiger partial charge on any atom is 0.197 e. The Morgan fingerprint density at radius 2 is 1.23 bits per heavy atom. The summed E-state index contributed by atoms with van der Waals surface area (Å²) >= 11 is 0. The van der Waals surface area contributed by atoms with Gasteiger partial charge in [-0.25, -0.2) is 0 Å². The van der Waals surface area contributed by atoms with Crippen molar-refractivity contribution in [1.82, 2.24) is 9.97 Å². The highest BCUT2D eigenvalue weighted by Gasteiger charge is 2.11. The van der Waals surface area contributed by atoms with Crippen LogP contribution in [-0.4, -0.2) is 9.97 Å². The van der Waals surface area contributed by atoms with E-state index in [1.54, 1.807) is 12.1 Å². The van der Waals surface area contributed by atoms with Gasteiger partial charge in [0.1, 0.15) is 0 Å². The smallest absolute Gasteiger partial charge is 0.197 e. The molecule has 4 heteroatoms. The van der Waals surface area contributed by atoms with Crippen LogP contribution in [0.3, 0.4) is 0 Å². The number of H-pyrrole nitrogens is 2. The minimum absolute atomic E-state index is 0.0139. The summed E-state index contributed by atoms with van der Waals surface area (Å²) in [6, 6.07) is 16.9. The Morgan fingerprint density at radius 1 is 0.654 bits per heavy atom. The molecule has 5 aromatic rings. The van der Waals surface area contributed by atoms with Crippen LogP contribution in [0.15, 0.2) is 64.2 Å². The van der Waals surface area contributed by atoms with E-state index in [0.717, 1.165) is 23.0 Å². The Morgan fingerprint density at radius 3 is 1.92 bits per heavy atom. The molecule has 5 rings (SSSR count). The quantitative estimate of drug-likeness (QED) is 0.448. The third-order valence-electron chi connectivity index (χ3n) is 5.09. The van der Waals surface area contributed by atoms with E-state index in [4.69, 9.17) is 0 Å². The first-order valence-electron chi connectivity index (χ1n) is 8.69. The van der Waals surface area contributed by atoms with Gasteiger partial charge in [0, 0.05) is 32.6 Å². The molecular weight excluding hydrogens is 324 g/mol. The lowest BCUT2D eigenvalue weighted by atomic mass is 10.0. The van der Waals surface area contributed by atoms with Crippen LogP contribution in [0, 0.1) is 0 Å². The van der Waals surface area contributed by atoms with Gasteiger partial charge in [0.05, 0.1) is 11.0 Å². The van der Waals surface area contributed by atoms with Crippen LogP contribution in [0.25, 0.3) is 43.6 Å². The van der Waals surface area contributed by atoms with Crippen molar-refractivity contribution in [2.45, 2.75) is 13.3 Å². The molecule has 0 aliphatic heterocycles. The number of rotatable bonds is 1. The highest BCUT2D eigenvalue weighted by atomic mass is 16.1. The van der Waals surface area contributed by atoms with Gasteiger partial charge in [-0.3, -0.25) is 9.59 Å². The molecule has 2 N–H and O–H groups in total. The van der Waals surface area contributed by atoms with Gasteiger partial charge in [-0.1, -0.05) is 25.1 Å². The summed E-state index contributed by atoms with van der Waals surface area (Å²) in [6.45, 7) is 2.07. The largest absolute Gasteiger partial charge is 0.354 e. The van der Waals surface area contributed by atoms with Gasteiger partial charge in [-0.05, 0) is 48.4 Å². The molecular formula is C22H16N2O2. The summed E-state index contributed by atoms with van der Waals surface area (Å²) in [6.07, 6.45) is 0.879. The molecule has 3 aromatic carbocycles. The molecule has 0 saturated heterocycles. The normalized spacial score (nSPS) is 11.7. The maximum absolute atomic E-state index is 13.0. The lowest BCUT2D eigenvalue weighted by Crippen LogP contribution is -2.08. The van der Waals surface area contributed by atoms with Crippen molar-refractivity contribution in [3.05, 3.63) is 80.6 Å². The molecule has 26 heavy (non-hydrogen) atoms. The number of para-hydroxylation sites is 1. The second-order valence-electron chi connectivity index (χ2n) is 6.63. The van der Waals surface area contributed by atoms with Crippen LogP contribution in [0.5, 0.6) is 0 Å². The predicted octanol–water partition coefficient (Wildman–Crippen LogP) is 4.24. The van der Waals surface area contributed by atoms with Gasteiger partial charge >= 0.3 is 0 Å². The fourth-order valence-corrected chi connectivity index (χ4v) is 3.66. The monoisotopic (exact) mass is 340 g/mol. The zero-order valence-corrected chi connectivity index (χ0v) is 14.2. The van der Waals surface area contributed by atoms with Crippen molar-refractivity contribution in [2.75, 3.05) is 0 Å². The van der Waals surface area contributed by atoms with Gasteiger partial charge in [-0.2, -0.15) is 0 Å². The van der Waals surface area contributed by atoms with Crippen LogP contribution < -0.4 is 10.9 Å². The number of nitrogens with one attached hydrogen (secondary N) is 2. The summed E-state index contributed by atoms with van der Waals surface area (Å²) < 4.78 is 0. The standard InChI is InChI=1S/C22H16N2O2/c1-2-12-7-8-18-14(9-12)22(26)16-11-19-15(10-20(16)24-18)21(25)13-5-3-4-6-17(13)23-19/h3-11H,2H2,1H3,(H,23,25)(H,24,26). The number of aromatic nitrogens is 2. The Labute approximate surface area is 148 Å². The van der Waals surface area contributed by atoms with Crippen molar-refractivity contribution in [3.63, 3.8) is 0 Å². The molecule has 0 atom stereocenters. The molecule has 0 aliphatic rings. The summed E-state index contributed by atoms with van der Waals surface area (Å²) in [4.78, 5) is 32.5. The molecule has 0 aliphatic carbocycles. The molecule has 0 amide bonds. The first kappa shape index (κ1) is 14.9. The van der Waals surface area contributed by atoms with Crippen molar-refractivity contribution >= 4 is 43.6 Å². The lowest BCUT2D eigenvalue weighted by Gasteiger charge is -2.07. The Kier molecular flexibility index (Phi) is 3.04. The molecule has 2 aromatic heterocycles. The molecule has 0 unspecified atom stereocenters. The number of pyridine rings is 2. The lowest BCUT2D eigenvalue weighted by molar-refractivity contribution is 1.14. The first-order valence-corrected chi connectivity index (χ1v) is 8.69. The van der Waals surface area contributed by atoms with E-state index in [2.05, 4.69) is 16.9 Å². The predicted molar refractivity (Wildman–Crippen MR) is 107 cm³/mol. The number of hydrogen-bond donors (Lipinski definition) is 2. The zero-order chi connectivity index (χ0) is 17.8. The number of fused-ring (bicyclic) bond motifs is 4. The van der Waals surface area contributed by atoms with E-state index in [0.29, 0.717) is 32.6 Å². The van der Waals surface area contributed by atoms with Gasteiger partial charge in [0.15, 0.2) is 10.9 Å². The second-order valence-corrected chi connectivity index (χ2v) is 6.63. The average molecular weight is 340 g/mol. The number of aryl methyl sites for hydroxylation is 1. The summed E-state index contributed by atoms with van der Waals surface area (Å²) in [5.74, 6) is 0. The van der Waals surface area contributed by atoms with Crippen molar-refractivity contribution in [3.8, 4) is 0 Å². The van der Waals surface area contributed by atoms with E-state index < -0.39 is 0 Å². The molecule has 0 radical (unpaired) electrons. The molecule has 0 bridgehead atoms. The topological polar surface area (TPSA) is 65.7 Å². The molecule has 0 spiro atoms. The third-order valence-corrected chi connectivity index (χ3v) is 5.09. The number of aromatic amines is 2. The zero-order valence-electron chi connectivity index (χ0n) is 14.2. The number of hydrogen-bond acceptors (Lipinski definition) is 2. The first-order chi connectivity index (χ1) is 12.7. The van der Waals surface area contributed by atoms with E-state index in [1.165, 1.54) is 0 Å². The van der Waals surface area contributed by atoms with Crippen LogP contribution in [-0.2, 0) is 6.42 Å². The maximum atomic E-state index is 13.0. The van der Waals surface area contributed by atoms with Gasteiger partial charge < -0.3 is 9.97 Å². The third kappa shape index (κ3) is 2.02. The summed E-state index contributed by atoms with van der Waals surface area (Å²) in [5, 5.41) is 2.50. The molecule has 2 heterocycles. The molecule has 126 valence electrons. The summed E-state index contributed by atoms with van der Waals surface area (Å²) in [5.41, 5.74) is 4.00. The van der Waals surface area contributed by atoms with Crippen molar-refractivity contribution < 1.29 is 0 Å². The fraction of sp³-hybridized carbons (Fsp3) is 0.0909. The Balaban J connectivity index is 1.97. The minimum Gasteiger partial charge on any atom is -0.354 e. The van der Waals surface area contributed by atoms with Crippen LogP contribution in [0.4, 0.5) is 0 Å². The van der Waals surface area contributed by atoms with Gasteiger partial charge in [-0.15, -0.1) is 0 Å². The molecule has 4 nitrogen and oxygen atoms in total. The van der Waals surface area contributed by atoms with Crippen molar-refractivity contribution in [2.24, 2.45) is 0 Å². The van der Waals surface area contributed by atoms with E-state index in [-0.39, 0.29) is 10.9 Å². The van der Waals surface area contributed by atoms with Crippen LogP contribution >= 0.6 is 0 Å². The van der Waals surface area contributed by atoms with Crippen LogP contribution in [0.1, 0.15) is 12.5 Å².